The van der Waals surface area contributed by atoms with Crippen molar-refractivity contribution in [2.75, 3.05) is 13.1 Å². The van der Waals surface area contributed by atoms with Crippen LogP contribution >= 0.6 is 11.3 Å². The lowest BCUT2D eigenvalue weighted by atomic mass is 9.90. The average Bonchev–Trinajstić information content (AvgIpc) is 3.36. The van der Waals surface area contributed by atoms with Gasteiger partial charge >= 0.3 is 0 Å². The van der Waals surface area contributed by atoms with E-state index in [-0.39, 0.29) is 0 Å². The number of hydrogen-bond acceptors (Lipinski definition) is 5. The third kappa shape index (κ3) is 3.70. The first-order valence-corrected chi connectivity index (χ1v) is 10.6. The summed E-state index contributed by atoms with van der Waals surface area (Å²) >= 11 is 1.79. The average molecular weight is 390 g/mol. The molecule has 1 aromatic carbocycles. The van der Waals surface area contributed by atoms with Crippen molar-refractivity contribution in [2.24, 2.45) is 0 Å². The van der Waals surface area contributed by atoms with E-state index >= 15 is 0 Å². The van der Waals surface area contributed by atoms with Gasteiger partial charge in [-0.3, -0.25) is 15.0 Å². The monoisotopic (exact) mass is 389 g/mol. The summed E-state index contributed by atoms with van der Waals surface area (Å²) in [6.07, 6.45) is 8.94. The molecule has 0 bridgehead atoms. The van der Waals surface area contributed by atoms with E-state index in [0.717, 1.165) is 31.6 Å². The number of rotatable bonds is 5. The molecule has 5 rings (SSSR count). The summed E-state index contributed by atoms with van der Waals surface area (Å²) in [5, 5.41) is 8.83. The molecule has 0 aliphatic carbocycles. The molecule has 6 heteroatoms. The van der Waals surface area contributed by atoms with Gasteiger partial charge in [0.1, 0.15) is 0 Å². The Hall–Kier alpha value is -2.57. The van der Waals surface area contributed by atoms with Crippen molar-refractivity contribution in [3.63, 3.8) is 0 Å². The molecule has 1 fully saturated rings. The molecule has 0 atom stereocenters. The molecule has 4 aromatic rings. The lowest BCUT2D eigenvalue weighted by molar-refractivity contribution is 0.203. The minimum atomic E-state index is 0.556. The standard InChI is InChI=1S/C22H23N5S/c1-2-4-20-19(3-1)25-21(28-20)13-18-14-24-26-22(18)17-7-11-27(12-8-17)15-16-5-9-23-10-6-16/h1-6,9-10,14,17H,7-8,11-13,15H2,(H,24,26). The molecule has 0 radical (unpaired) electrons. The van der Waals surface area contributed by atoms with Crippen LogP contribution in [-0.4, -0.2) is 38.2 Å². The maximum atomic E-state index is 4.80. The van der Waals surface area contributed by atoms with Gasteiger partial charge in [-0.15, -0.1) is 11.3 Å². The Morgan fingerprint density at radius 3 is 2.71 bits per heavy atom. The summed E-state index contributed by atoms with van der Waals surface area (Å²) in [6, 6.07) is 12.6. The first-order valence-electron chi connectivity index (χ1n) is 9.83. The number of pyridine rings is 1. The summed E-state index contributed by atoms with van der Waals surface area (Å²) < 4.78 is 1.26. The minimum Gasteiger partial charge on any atom is -0.299 e. The fourth-order valence-electron chi connectivity index (χ4n) is 4.10. The molecular weight excluding hydrogens is 366 g/mol. The molecule has 0 saturated carbocycles. The van der Waals surface area contributed by atoms with E-state index in [1.54, 1.807) is 11.3 Å². The summed E-state index contributed by atoms with van der Waals surface area (Å²) in [6.45, 7) is 3.25. The lowest BCUT2D eigenvalue weighted by Crippen LogP contribution is -2.32. The zero-order chi connectivity index (χ0) is 18.8. The summed E-state index contributed by atoms with van der Waals surface area (Å²) in [5.74, 6) is 0.556. The number of H-pyrrole nitrogens is 1. The molecule has 1 aliphatic heterocycles. The highest BCUT2D eigenvalue weighted by Gasteiger charge is 2.24. The quantitative estimate of drug-likeness (QED) is 0.550. The molecule has 0 spiro atoms. The van der Waals surface area contributed by atoms with Gasteiger partial charge in [-0.25, -0.2) is 4.98 Å². The highest BCUT2D eigenvalue weighted by atomic mass is 32.1. The van der Waals surface area contributed by atoms with E-state index in [9.17, 15) is 0 Å². The Morgan fingerprint density at radius 1 is 1.07 bits per heavy atom. The topological polar surface area (TPSA) is 57.7 Å². The van der Waals surface area contributed by atoms with Crippen molar-refractivity contribution in [1.82, 2.24) is 25.1 Å². The van der Waals surface area contributed by atoms with Gasteiger partial charge in [0.2, 0.25) is 0 Å². The van der Waals surface area contributed by atoms with Crippen molar-refractivity contribution in [3.8, 4) is 0 Å². The van der Waals surface area contributed by atoms with Gasteiger partial charge in [0.15, 0.2) is 0 Å². The number of fused-ring (bicyclic) bond motifs is 1. The van der Waals surface area contributed by atoms with Crippen LogP contribution in [0, 0.1) is 0 Å². The summed E-state index contributed by atoms with van der Waals surface area (Å²) in [4.78, 5) is 11.4. The molecule has 3 aromatic heterocycles. The highest BCUT2D eigenvalue weighted by Crippen LogP contribution is 2.31. The maximum Gasteiger partial charge on any atom is 0.0983 e. The van der Waals surface area contributed by atoms with Crippen LogP contribution in [-0.2, 0) is 13.0 Å². The fourth-order valence-corrected chi connectivity index (χ4v) is 5.09. The van der Waals surface area contributed by atoms with Crippen LogP contribution in [0.25, 0.3) is 10.2 Å². The molecule has 28 heavy (non-hydrogen) atoms. The Bertz CT molecular complexity index is 1010. The van der Waals surface area contributed by atoms with E-state index in [0.29, 0.717) is 5.92 Å². The number of para-hydroxylation sites is 1. The van der Waals surface area contributed by atoms with Crippen molar-refractivity contribution in [1.29, 1.82) is 0 Å². The van der Waals surface area contributed by atoms with E-state index in [2.05, 4.69) is 56.5 Å². The number of nitrogens with zero attached hydrogens (tertiary/aromatic N) is 4. The smallest absolute Gasteiger partial charge is 0.0983 e. The second-order valence-electron chi connectivity index (χ2n) is 7.47. The highest BCUT2D eigenvalue weighted by molar-refractivity contribution is 7.18. The SMILES string of the molecule is c1ccc2sc(Cc3cn[nH]c3C3CCN(Cc4ccncc4)CC3)nc2c1. The minimum absolute atomic E-state index is 0.556. The molecule has 0 amide bonds. The molecule has 0 unspecified atom stereocenters. The lowest BCUT2D eigenvalue weighted by Gasteiger charge is -2.31. The van der Waals surface area contributed by atoms with Crippen LogP contribution in [0.4, 0.5) is 0 Å². The third-order valence-corrected chi connectivity index (χ3v) is 6.62. The van der Waals surface area contributed by atoms with Gasteiger partial charge in [0.25, 0.3) is 0 Å². The van der Waals surface area contributed by atoms with Crippen LogP contribution in [0.15, 0.2) is 55.0 Å². The second kappa shape index (κ2) is 7.81. The van der Waals surface area contributed by atoms with Gasteiger partial charge in [-0.05, 0) is 55.8 Å². The van der Waals surface area contributed by atoms with Crippen LogP contribution in [0.3, 0.4) is 0 Å². The predicted molar refractivity (Wildman–Crippen MR) is 113 cm³/mol. The first-order chi connectivity index (χ1) is 13.8. The van der Waals surface area contributed by atoms with E-state index in [1.165, 1.54) is 39.4 Å². The number of piperidine rings is 1. The van der Waals surface area contributed by atoms with Gasteiger partial charge in [-0.2, -0.15) is 5.10 Å². The number of aromatic nitrogens is 4. The van der Waals surface area contributed by atoms with Gasteiger partial charge < -0.3 is 0 Å². The second-order valence-corrected chi connectivity index (χ2v) is 8.58. The van der Waals surface area contributed by atoms with Crippen molar-refractivity contribution in [2.45, 2.75) is 31.7 Å². The Kier molecular flexibility index (Phi) is 4.89. The number of benzene rings is 1. The molecule has 5 nitrogen and oxygen atoms in total. The predicted octanol–water partition coefficient (Wildman–Crippen LogP) is 4.38. The number of likely N-dealkylation sites (tertiary alicyclic amines) is 1. The third-order valence-electron chi connectivity index (χ3n) is 5.58. The number of hydrogen-bond donors (Lipinski definition) is 1. The zero-order valence-electron chi connectivity index (χ0n) is 15.7. The molecule has 4 heterocycles. The summed E-state index contributed by atoms with van der Waals surface area (Å²) in [5.41, 5.74) is 5.04. The number of thiazole rings is 1. The Morgan fingerprint density at radius 2 is 1.89 bits per heavy atom. The van der Waals surface area contributed by atoms with Gasteiger partial charge in [0.05, 0.1) is 21.4 Å². The normalized spacial score (nSPS) is 16.0. The first kappa shape index (κ1) is 17.5. The summed E-state index contributed by atoms with van der Waals surface area (Å²) in [7, 11) is 0. The Balaban J connectivity index is 1.25. The zero-order valence-corrected chi connectivity index (χ0v) is 16.5. The van der Waals surface area contributed by atoms with E-state index < -0.39 is 0 Å². The number of aromatic amines is 1. The van der Waals surface area contributed by atoms with Gasteiger partial charge in [-0.1, -0.05) is 12.1 Å². The molecular formula is C22H23N5S. The molecule has 1 saturated heterocycles. The number of nitrogens with one attached hydrogen (secondary N) is 1. The van der Waals surface area contributed by atoms with Crippen LogP contribution in [0.1, 0.15) is 40.6 Å². The maximum absolute atomic E-state index is 4.80. The van der Waals surface area contributed by atoms with Crippen molar-refractivity contribution in [3.05, 3.63) is 76.8 Å². The van der Waals surface area contributed by atoms with Gasteiger partial charge in [0, 0.05) is 42.5 Å². The Labute approximate surface area is 168 Å². The molecule has 1 aliphatic rings. The van der Waals surface area contributed by atoms with Crippen LogP contribution in [0.5, 0.6) is 0 Å². The van der Waals surface area contributed by atoms with Crippen molar-refractivity contribution >= 4 is 21.6 Å². The van der Waals surface area contributed by atoms with Crippen LogP contribution in [0.2, 0.25) is 0 Å². The fraction of sp³-hybridized carbons (Fsp3) is 0.318. The molecule has 142 valence electrons. The van der Waals surface area contributed by atoms with E-state index in [4.69, 9.17) is 4.98 Å². The van der Waals surface area contributed by atoms with Crippen molar-refractivity contribution < 1.29 is 0 Å². The van der Waals surface area contributed by atoms with E-state index in [1.807, 2.05) is 18.6 Å². The molecule has 1 N–H and O–H groups in total. The van der Waals surface area contributed by atoms with Crippen LogP contribution < -0.4 is 0 Å². The largest absolute Gasteiger partial charge is 0.299 e.